The molecule has 0 fully saturated rings. The van der Waals surface area contributed by atoms with Gasteiger partial charge in [-0.3, -0.25) is 0 Å². The standard InChI is InChI=1S/C24H25N/c1-5-6-11-18(2)19(3)16-17-20(4)25-23-14-9-7-12-21(23)22-13-8-10-15-24(22)25/h5-15H,3-4,16-17H2,1-2H3/b6-5-,18-11+. The molecule has 0 saturated carbocycles. The van der Waals surface area contributed by atoms with E-state index in [2.05, 4.69) is 85.3 Å². The van der Waals surface area contributed by atoms with Crippen molar-refractivity contribution in [3.8, 4) is 0 Å². The lowest BCUT2D eigenvalue weighted by Crippen LogP contribution is -1.97. The first-order valence-electron chi connectivity index (χ1n) is 8.77. The van der Waals surface area contributed by atoms with Crippen molar-refractivity contribution in [3.63, 3.8) is 0 Å². The van der Waals surface area contributed by atoms with Gasteiger partial charge >= 0.3 is 0 Å². The molecule has 0 aliphatic rings. The number of allylic oxidation sites excluding steroid dienone is 6. The molecule has 0 unspecified atom stereocenters. The van der Waals surface area contributed by atoms with Crippen LogP contribution in [0.3, 0.4) is 0 Å². The van der Waals surface area contributed by atoms with Gasteiger partial charge in [0, 0.05) is 16.5 Å². The number of rotatable bonds is 6. The van der Waals surface area contributed by atoms with Gasteiger partial charge in [-0.1, -0.05) is 73.4 Å². The molecule has 0 amide bonds. The Morgan fingerprint density at radius 2 is 1.48 bits per heavy atom. The minimum absolute atomic E-state index is 0.891. The number of aromatic nitrogens is 1. The van der Waals surface area contributed by atoms with Crippen LogP contribution in [0.4, 0.5) is 0 Å². The molecular weight excluding hydrogens is 302 g/mol. The van der Waals surface area contributed by atoms with Crippen molar-refractivity contribution in [2.45, 2.75) is 26.7 Å². The topological polar surface area (TPSA) is 4.93 Å². The number of para-hydroxylation sites is 2. The Bertz CT molecular complexity index is 942. The van der Waals surface area contributed by atoms with Crippen molar-refractivity contribution in [1.82, 2.24) is 4.57 Å². The summed E-state index contributed by atoms with van der Waals surface area (Å²) < 4.78 is 2.29. The first-order chi connectivity index (χ1) is 12.1. The van der Waals surface area contributed by atoms with Crippen molar-refractivity contribution < 1.29 is 0 Å². The van der Waals surface area contributed by atoms with Crippen molar-refractivity contribution >= 4 is 27.5 Å². The van der Waals surface area contributed by atoms with Crippen LogP contribution in [0.1, 0.15) is 26.7 Å². The van der Waals surface area contributed by atoms with Gasteiger partial charge in [0.1, 0.15) is 0 Å². The monoisotopic (exact) mass is 327 g/mol. The fourth-order valence-electron chi connectivity index (χ4n) is 3.23. The molecule has 3 aromatic rings. The molecule has 0 bridgehead atoms. The average Bonchev–Trinajstić information content (AvgIpc) is 2.98. The maximum atomic E-state index is 4.38. The molecule has 0 N–H and O–H groups in total. The number of benzene rings is 2. The lowest BCUT2D eigenvalue weighted by Gasteiger charge is -2.12. The van der Waals surface area contributed by atoms with Crippen LogP contribution in [0.5, 0.6) is 0 Å². The second-order valence-electron chi connectivity index (χ2n) is 6.41. The highest BCUT2D eigenvalue weighted by molar-refractivity contribution is 6.09. The first-order valence-corrected chi connectivity index (χ1v) is 8.77. The molecule has 1 nitrogen and oxygen atoms in total. The van der Waals surface area contributed by atoms with Gasteiger partial charge in [-0.05, 0) is 44.4 Å². The molecule has 1 heteroatoms. The van der Waals surface area contributed by atoms with Gasteiger partial charge < -0.3 is 4.57 Å². The minimum atomic E-state index is 0.891. The van der Waals surface area contributed by atoms with Crippen LogP contribution in [0.2, 0.25) is 0 Å². The van der Waals surface area contributed by atoms with Gasteiger partial charge in [-0.25, -0.2) is 0 Å². The minimum Gasteiger partial charge on any atom is -0.314 e. The van der Waals surface area contributed by atoms with Crippen LogP contribution < -0.4 is 0 Å². The number of fused-ring (bicyclic) bond motifs is 3. The molecule has 1 heterocycles. The normalized spacial score (nSPS) is 12.3. The summed E-state index contributed by atoms with van der Waals surface area (Å²) in [5.41, 5.74) is 5.95. The summed E-state index contributed by atoms with van der Waals surface area (Å²) in [7, 11) is 0. The zero-order chi connectivity index (χ0) is 17.8. The van der Waals surface area contributed by atoms with Crippen molar-refractivity contribution in [2.24, 2.45) is 0 Å². The third-order valence-electron chi connectivity index (χ3n) is 4.71. The SMILES string of the molecule is C=C(CCC(=C)n1c2ccccc2c2ccccc21)/C(C)=C/C=C\C. The Kier molecular flexibility index (Phi) is 5.04. The van der Waals surface area contributed by atoms with E-state index in [0.717, 1.165) is 18.5 Å². The van der Waals surface area contributed by atoms with Crippen LogP contribution in [0, 0.1) is 0 Å². The number of hydrogen-bond donors (Lipinski definition) is 0. The molecule has 0 aliphatic carbocycles. The van der Waals surface area contributed by atoms with Gasteiger partial charge in [-0.15, -0.1) is 0 Å². The largest absolute Gasteiger partial charge is 0.314 e. The van der Waals surface area contributed by atoms with Crippen LogP contribution >= 0.6 is 0 Å². The Hall–Kier alpha value is -2.80. The molecule has 0 aliphatic heterocycles. The lowest BCUT2D eigenvalue weighted by atomic mass is 10.0. The smallest absolute Gasteiger partial charge is 0.0537 e. The molecular formula is C24H25N. The van der Waals surface area contributed by atoms with E-state index >= 15 is 0 Å². The van der Waals surface area contributed by atoms with E-state index in [4.69, 9.17) is 0 Å². The summed E-state index contributed by atoms with van der Waals surface area (Å²) in [5.74, 6) is 0. The summed E-state index contributed by atoms with van der Waals surface area (Å²) in [4.78, 5) is 0. The van der Waals surface area contributed by atoms with Crippen molar-refractivity contribution in [2.75, 3.05) is 0 Å². The van der Waals surface area contributed by atoms with Crippen molar-refractivity contribution in [1.29, 1.82) is 0 Å². The van der Waals surface area contributed by atoms with E-state index in [0.29, 0.717) is 0 Å². The predicted octanol–water partition coefficient (Wildman–Crippen LogP) is 7.12. The van der Waals surface area contributed by atoms with E-state index in [-0.39, 0.29) is 0 Å². The van der Waals surface area contributed by atoms with E-state index in [9.17, 15) is 0 Å². The summed E-state index contributed by atoms with van der Waals surface area (Å²) in [5, 5.41) is 2.56. The summed E-state index contributed by atoms with van der Waals surface area (Å²) in [6, 6.07) is 17.1. The highest BCUT2D eigenvalue weighted by Crippen LogP contribution is 2.32. The predicted molar refractivity (Wildman–Crippen MR) is 112 cm³/mol. The molecule has 1 aromatic heterocycles. The lowest BCUT2D eigenvalue weighted by molar-refractivity contribution is 0.955. The molecule has 0 atom stereocenters. The first kappa shape index (κ1) is 17.0. The molecule has 0 radical (unpaired) electrons. The highest BCUT2D eigenvalue weighted by atomic mass is 15.0. The van der Waals surface area contributed by atoms with Crippen LogP contribution in [-0.2, 0) is 0 Å². The summed E-state index contributed by atoms with van der Waals surface area (Å²) >= 11 is 0. The Labute approximate surface area is 150 Å². The highest BCUT2D eigenvalue weighted by Gasteiger charge is 2.12. The summed E-state index contributed by atoms with van der Waals surface area (Å²) in [6.07, 6.45) is 8.02. The number of hydrogen-bond acceptors (Lipinski definition) is 0. The Balaban J connectivity index is 1.91. The molecule has 126 valence electrons. The van der Waals surface area contributed by atoms with Crippen LogP contribution in [0.15, 0.2) is 91.1 Å². The molecule has 0 saturated heterocycles. The van der Waals surface area contributed by atoms with Gasteiger partial charge in [0.05, 0.1) is 11.0 Å². The van der Waals surface area contributed by atoms with Crippen molar-refractivity contribution in [3.05, 3.63) is 91.1 Å². The maximum absolute atomic E-state index is 4.38. The molecule has 25 heavy (non-hydrogen) atoms. The second-order valence-corrected chi connectivity index (χ2v) is 6.41. The van der Waals surface area contributed by atoms with Gasteiger partial charge in [-0.2, -0.15) is 0 Å². The fraction of sp³-hybridized carbons (Fsp3) is 0.167. The van der Waals surface area contributed by atoms with Crippen LogP contribution in [0.25, 0.3) is 27.5 Å². The Morgan fingerprint density at radius 3 is 2.04 bits per heavy atom. The van der Waals surface area contributed by atoms with Crippen LogP contribution in [-0.4, -0.2) is 4.57 Å². The van der Waals surface area contributed by atoms with Gasteiger partial charge in [0.15, 0.2) is 0 Å². The van der Waals surface area contributed by atoms with E-state index in [1.54, 1.807) is 0 Å². The van der Waals surface area contributed by atoms with E-state index < -0.39 is 0 Å². The zero-order valence-electron chi connectivity index (χ0n) is 15.1. The third-order valence-corrected chi connectivity index (χ3v) is 4.71. The van der Waals surface area contributed by atoms with E-state index in [1.807, 2.05) is 13.0 Å². The molecule has 2 aromatic carbocycles. The molecule has 0 spiro atoms. The quantitative estimate of drug-likeness (QED) is 0.425. The number of nitrogens with zero attached hydrogens (tertiary/aromatic N) is 1. The summed E-state index contributed by atoms with van der Waals surface area (Å²) in [6.45, 7) is 12.8. The molecule has 3 rings (SSSR count). The van der Waals surface area contributed by atoms with Gasteiger partial charge in [0.25, 0.3) is 0 Å². The van der Waals surface area contributed by atoms with E-state index in [1.165, 1.54) is 33.0 Å². The Morgan fingerprint density at radius 1 is 0.920 bits per heavy atom. The second kappa shape index (κ2) is 7.40. The average molecular weight is 327 g/mol. The fourth-order valence-corrected chi connectivity index (χ4v) is 3.23. The third kappa shape index (κ3) is 3.36. The maximum Gasteiger partial charge on any atom is 0.0537 e. The van der Waals surface area contributed by atoms with Gasteiger partial charge in [0.2, 0.25) is 0 Å². The zero-order valence-corrected chi connectivity index (χ0v) is 15.1.